The van der Waals surface area contributed by atoms with E-state index in [1.54, 1.807) is 12.1 Å². The molecule has 0 radical (unpaired) electrons. The van der Waals surface area contributed by atoms with Crippen molar-refractivity contribution >= 4 is 12.0 Å². The normalized spacial score (nSPS) is 41.1. The lowest BCUT2D eigenvalue weighted by Gasteiger charge is -2.42. The van der Waals surface area contributed by atoms with Gasteiger partial charge in [-0.3, -0.25) is 0 Å². The zero-order chi connectivity index (χ0) is 28.3. The van der Waals surface area contributed by atoms with E-state index in [1.165, 1.54) is 18.2 Å². The summed E-state index contributed by atoms with van der Waals surface area (Å²) in [5.41, 5.74) is 0.626. The molecule has 0 bridgehead atoms. The number of rotatable bonds is 8. The molecular weight excluding hydrogens is 528 g/mol. The van der Waals surface area contributed by atoms with E-state index in [0.717, 1.165) is 6.08 Å². The predicted octanol–water partition coefficient (Wildman–Crippen LogP) is -3.69. The lowest BCUT2D eigenvalue weighted by molar-refractivity contribution is -0.338. The van der Waals surface area contributed by atoms with Crippen LogP contribution in [-0.2, 0) is 33.2 Å². The van der Waals surface area contributed by atoms with E-state index in [1.807, 2.05) is 0 Å². The minimum Gasteiger partial charge on any atom is -0.508 e. The van der Waals surface area contributed by atoms with Gasteiger partial charge in [0.1, 0.15) is 67.3 Å². The molecule has 0 amide bonds. The Morgan fingerprint density at radius 3 is 2.28 bits per heavy atom. The summed E-state index contributed by atoms with van der Waals surface area (Å²) in [6.07, 6.45) is -15.4. The second-order valence-electron chi connectivity index (χ2n) is 9.32. The van der Waals surface area contributed by atoms with Crippen molar-refractivity contribution in [1.82, 2.24) is 0 Å². The van der Waals surface area contributed by atoms with Crippen molar-refractivity contribution in [3.63, 3.8) is 0 Å². The average molecular weight is 561 g/mol. The first-order valence-corrected chi connectivity index (χ1v) is 12.1. The molecule has 3 fully saturated rings. The van der Waals surface area contributed by atoms with Gasteiger partial charge < -0.3 is 69.3 Å². The van der Waals surface area contributed by atoms with Gasteiger partial charge in [-0.1, -0.05) is 12.1 Å². The summed E-state index contributed by atoms with van der Waals surface area (Å²) in [6, 6.07) is 6.04. The van der Waals surface area contributed by atoms with Gasteiger partial charge >= 0.3 is 5.97 Å². The Bertz CT molecular complexity index is 973. The molecule has 0 aromatic heterocycles. The molecule has 3 aliphatic rings. The maximum atomic E-state index is 12.0. The van der Waals surface area contributed by atoms with Crippen molar-refractivity contribution in [3.05, 3.63) is 35.9 Å². The molecule has 15 heteroatoms. The molecule has 15 nitrogen and oxygen atoms in total. The number of hydrogen-bond donors (Lipinski definition) is 8. The Labute approximate surface area is 221 Å². The van der Waals surface area contributed by atoms with E-state index in [9.17, 15) is 45.6 Å². The molecule has 3 heterocycles. The van der Waals surface area contributed by atoms with Crippen molar-refractivity contribution in [2.45, 2.75) is 73.8 Å². The lowest BCUT2D eigenvalue weighted by atomic mass is 10.0. The fourth-order valence-electron chi connectivity index (χ4n) is 4.21. The highest BCUT2D eigenvalue weighted by Crippen LogP contribution is 2.29. The summed E-state index contributed by atoms with van der Waals surface area (Å²) in [7, 11) is 0. The molecule has 0 spiro atoms. The Balaban J connectivity index is 1.29. The summed E-state index contributed by atoms with van der Waals surface area (Å²) in [5, 5.41) is 80.3. The van der Waals surface area contributed by atoms with E-state index in [0.29, 0.717) is 5.56 Å². The highest BCUT2D eigenvalue weighted by Gasteiger charge is 2.50. The molecule has 218 valence electrons. The van der Waals surface area contributed by atoms with Crippen molar-refractivity contribution in [2.24, 2.45) is 0 Å². The van der Waals surface area contributed by atoms with Gasteiger partial charge in [0.05, 0.1) is 13.2 Å². The van der Waals surface area contributed by atoms with Crippen LogP contribution in [0, 0.1) is 0 Å². The van der Waals surface area contributed by atoms with Gasteiger partial charge in [0.25, 0.3) is 0 Å². The van der Waals surface area contributed by atoms with E-state index < -0.39 is 86.4 Å². The van der Waals surface area contributed by atoms with Crippen LogP contribution in [0.25, 0.3) is 6.08 Å². The number of aliphatic hydroxyl groups excluding tert-OH is 7. The van der Waals surface area contributed by atoms with Crippen LogP contribution in [0.15, 0.2) is 30.3 Å². The standard InChI is InChI=1S/C24H32O15/c25-11-4-1-10(2-5-11)3-6-15(27)34-8-13-17(29)19(31)24(38-13)39-21-12(26)7-36-23(20(21)32)37-14-9-35-22(33)18(30)16(14)28/h1-6,12-14,16-26,28-33H,7-9H2. The van der Waals surface area contributed by atoms with Crippen molar-refractivity contribution in [2.75, 3.05) is 19.8 Å². The number of aliphatic hydroxyl groups is 7. The second kappa shape index (κ2) is 12.9. The number of phenolic OH excluding ortho intramolecular Hbond substituents is 1. The van der Waals surface area contributed by atoms with Crippen LogP contribution in [0.3, 0.4) is 0 Å². The summed E-state index contributed by atoms with van der Waals surface area (Å²) >= 11 is 0. The third-order valence-corrected chi connectivity index (χ3v) is 6.49. The Morgan fingerprint density at radius 1 is 0.846 bits per heavy atom. The zero-order valence-corrected chi connectivity index (χ0v) is 20.4. The number of ether oxygens (including phenoxy) is 6. The van der Waals surface area contributed by atoms with Gasteiger partial charge in [-0.25, -0.2) is 4.79 Å². The fourth-order valence-corrected chi connectivity index (χ4v) is 4.21. The minimum absolute atomic E-state index is 0.0689. The highest BCUT2D eigenvalue weighted by atomic mass is 16.7. The minimum atomic E-state index is -1.68. The molecule has 3 aliphatic heterocycles. The van der Waals surface area contributed by atoms with Gasteiger partial charge in [-0.2, -0.15) is 0 Å². The van der Waals surface area contributed by atoms with Crippen molar-refractivity contribution in [1.29, 1.82) is 0 Å². The maximum Gasteiger partial charge on any atom is 0.330 e. The Morgan fingerprint density at radius 2 is 1.56 bits per heavy atom. The maximum absolute atomic E-state index is 12.0. The van der Waals surface area contributed by atoms with Gasteiger partial charge in [0.15, 0.2) is 18.9 Å². The molecule has 0 saturated carbocycles. The molecule has 4 rings (SSSR count). The van der Waals surface area contributed by atoms with Gasteiger partial charge in [-0.05, 0) is 23.8 Å². The molecule has 12 atom stereocenters. The number of aromatic hydroxyl groups is 1. The first kappa shape index (κ1) is 29.7. The van der Waals surface area contributed by atoms with Crippen LogP contribution in [0.4, 0.5) is 0 Å². The number of phenols is 1. The lowest BCUT2D eigenvalue weighted by Crippen LogP contribution is -2.60. The number of esters is 1. The molecule has 3 saturated heterocycles. The SMILES string of the molecule is O=C(C=Cc1ccc(O)cc1)OCC1OC(OC2C(O)COC(OC3COC(O)C(O)C3O)C2O)C(O)C1O. The van der Waals surface area contributed by atoms with Crippen LogP contribution < -0.4 is 0 Å². The van der Waals surface area contributed by atoms with Crippen LogP contribution in [0.5, 0.6) is 5.75 Å². The van der Waals surface area contributed by atoms with Gasteiger partial charge in [0, 0.05) is 6.08 Å². The Hall–Kier alpha value is -2.25. The van der Waals surface area contributed by atoms with Crippen LogP contribution >= 0.6 is 0 Å². The molecule has 8 N–H and O–H groups in total. The molecular formula is C24H32O15. The first-order chi connectivity index (χ1) is 18.5. The van der Waals surface area contributed by atoms with Crippen LogP contribution in [0.1, 0.15) is 5.56 Å². The van der Waals surface area contributed by atoms with E-state index in [2.05, 4.69) is 0 Å². The summed E-state index contributed by atoms with van der Waals surface area (Å²) in [6.45, 7) is -1.17. The number of carbonyl (C=O) groups is 1. The van der Waals surface area contributed by atoms with Crippen LogP contribution in [0.2, 0.25) is 0 Å². The number of benzene rings is 1. The molecule has 1 aromatic rings. The van der Waals surface area contributed by atoms with Gasteiger partial charge in [-0.15, -0.1) is 0 Å². The largest absolute Gasteiger partial charge is 0.508 e. The number of hydrogen-bond acceptors (Lipinski definition) is 15. The van der Waals surface area contributed by atoms with E-state index in [4.69, 9.17) is 28.4 Å². The summed E-state index contributed by atoms with van der Waals surface area (Å²) in [5.74, 6) is -0.695. The quantitative estimate of drug-likeness (QED) is 0.113. The Kier molecular flexibility index (Phi) is 9.87. The van der Waals surface area contributed by atoms with Gasteiger partial charge in [0.2, 0.25) is 0 Å². The fraction of sp³-hybridized carbons (Fsp3) is 0.625. The molecule has 1 aromatic carbocycles. The topological polar surface area (TPSA) is 234 Å². The zero-order valence-electron chi connectivity index (χ0n) is 20.4. The second-order valence-corrected chi connectivity index (χ2v) is 9.32. The monoisotopic (exact) mass is 560 g/mol. The van der Waals surface area contributed by atoms with E-state index >= 15 is 0 Å². The molecule has 12 unspecified atom stereocenters. The smallest absolute Gasteiger partial charge is 0.330 e. The third-order valence-electron chi connectivity index (χ3n) is 6.49. The molecule has 0 aliphatic carbocycles. The molecule has 39 heavy (non-hydrogen) atoms. The number of carbonyl (C=O) groups excluding carboxylic acids is 1. The van der Waals surface area contributed by atoms with Crippen molar-refractivity contribution < 1.29 is 74.1 Å². The highest BCUT2D eigenvalue weighted by molar-refractivity contribution is 5.87. The third kappa shape index (κ3) is 7.10. The summed E-state index contributed by atoms with van der Waals surface area (Å²) < 4.78 is 31.7. The van der Waals surface area contributed by atoms with E-state index in [-0.39, 0.29) is 19.0 Å². The first-order valence-electron chi connectivity index (χ1n) is 12.1. The summed E-state index contributed by atoms with van der Waals surface area (Å²) in [4.78, 5) is 12.0. The van der Waals surface area contributed by atoms with Crippen molar-refractivity contribution in [3.8, 4) is 5.75 Å². The predicted molar refractivity (Wildman–Crippen MR) is 124 cm³/mol. The average Bonchev–Trinajstić information content (AvgIpc) is 3.18. The van der Waals surface area contributed by atoms with Crippen LogP contribution in [-0.4, -0.2) is 140 Å².